The Labute approximate surface area is 115 Å². The van der Waals surface area contributed by atoms with Crippen molar-refractivity contribution in [3.63, 3.8) is 0 Å². The third-order valence-corrected chi connectivity index (χ3v) is 3.98. The van der Waals surface area contributed by atoms with E-state index in [1.165, 1.54) is 6.20 Å². The summed E-state index contributed by atoms with van der Waals surface area (Å²) in [6.45, 7) is 0.434. The first-order chi connectivity index (χ1) is 9.45. The lowest BCUT2D eigenvalue weighted by Crippen LogP contribution is -2.11. The normalized spacial score (nSPS) is 12.1. The maximum Gasteiger partial charge on any atom is 0.240 e. The Kier molecular flexibility index (Phi) is 2.84. The lowest BCUT2D eigenvalue weighted by molar-refractivity contribution is 0.598. The van der Waals surface area contributed by atoms with Crippen molar-refractivity contribution in [1.29, 1.82) is 0 Å². The molecule has 0 aliphatic carbocycles. The highest BCUT2D eigenvalue weighted by molar-refractivity contribution is 7.89. The predicted molar refractivity (Wildman–Crippen MR) is 73.4 cm³/mol. The number of rotatable bonds is 3. The molecule has 0 bridgehead atoms. The third-order valence-electron chi connectivity index (χ3n) is 3.04. The van der Waals surface area contributed by atoms with Crippen LogP contribution in [0, 0.1) is 0 Å². The van der Waals surface area contributed by atoms with E-state index in [4.69, 9.17) is 5.14 Å². The van der Waals surface area contributed by atoms with Crippen LogP contribution in [-0.4, -0.2) is 28.0 Å². The fraction of sp³-hybridized carbons (Fsp3) is 0.167. The molecular weight excluding hydrogens is 278 g/mol. The molecular formula is C12H13N5O2S. The van der Waals surface area contributed by atoms with Gasteiger partial charge in [-0.05, 0) is 6.07 Å². The molecule has 0 aliphatic rings. The molecule has 0 amide bonds. The summed E-state index contributed by atoms with van der Waals surface area (Å²) in [7, 11) is -1.98. The van der Waals surface area contributed by atoms with E-state index < -0.39 is 10.0 Å². The highest BCUT2D eigenvalue weighted by Crippen LogP contribution is 2.24. The van der Waals surface area contributed by atoms with Crippen LogP contribution in [0.2, 0.25) is 0 Å². The Morgan fingerprint density at radius 2 is 2.00 bits per heavy atom. The maximum atomic E-state index is 11.6. The van der Waals surface area contributed by atoms with E-state index in [1.54, 1.807) is 34.6 Å². The van der Waals surface area contributed by atoms with Crippen LogP contribution in [0.1, 0.15) is 5.69 Å². The predicted octanol–water partition coefficient (Wildman–Crippen LogP) is 0.465. The van der Waals surface area contributed by atoms with Crippen molar-refractivity contribution in [1.82, 2.24) is 19.6 Å². The number of hydrogen-bond donors (Lipinski definition) is 1. The number of fused-ring (bicyclic) bond motifs is 1. The molecule has 0 saturated heterocycles. The molecule has 1 aromatic carbocycles. The summed E-state index contributed by atoms with van der Waals surface area (Å²) in [5, 5.41) is 13.7. The average Bonchev–Trinajstić information content (AvgIpc) is 2.94. The molecule has 20 heavy (non-hydrogen) atoms. The molecule has 2 N–H and O–H groups in total. The average molecular weight is 291 g/mol. The zero-order chi connectivity index (χ0) is 14.3. The second-order valence-electron chi connectivity index (χ2n) is 4.57. The van der Waals surface area contributed by atoms with E-state index in [-0.39, 0.29) is 4.90 Å². The Hall–Kier alpha value is -2.19. The quantitative estimate of drug-likeness (QED) is 0.758. The number of nitrogens with two attached hydrogens (primary N) is 1. The molecule has 0 fully saturated rings. The van der Waals surface area contributed by atoms with E-state index in [0.29, 0.717) is 11.9 Å². The smallest absolute Gasteiger partial charge is 0.240 e. The zero-order valence-corrected chi connectivity index (χ0v) is 11.6. The van der Waals surface area contributed by atoms with Crippen molar-refractivity contribution in [2.24, 2.45) is 12.2 Å². The number of aryl methyl sites for hydroxylation is 1. The summed E-state index contributed by atoms with van der Waals surface area (Å²) in [6.07, 6.45) is 3.32. The summed E-state index contributed by atoms with van der Waals surface area (Å²) in [5.41, 5.74) is 1.54. The number of sulfonamides is 1. The van der Waals surface area contributed by atoms with Crippen LogP contribution < -0.4 is 5.14 Å². The zero-order valence-electron chi connectivity index (χ0n) is 10.8. The molecule has 0 unspecified atom stereocenters. The minimum absolute atomic E-state index is 0.122. The van der Waals surface area contributed by atoms with Gasteiger partial charge in [0.15, 0.2) is 0 Å². The first kappa shape index (κ1) is 12.8. The molecule has 0 aliphatic heterocycles. The Bertz CT molecular complexity index is 878. The molecule has 0 atom stereocenters. The second kappa shape index (κ2) is 4.43. The van der Waals surface area contributed by atoms with Gasteiger partial charge in [0.1, 0.15) is 10.6 Å². The summed E-state index contributed by atoms with van der Waals surface area (Å²) in [4.78, 5) is 0.122. The molecule has 3 rings (SSSR count). The molecule has 2 heterocycles. The molecule has 2 aromatic heterocycles. The first-order valence-electron chi connectivity index (χ1n) is 5.91. The van der Waals surface area contributed by atoms with E-state index >= 15 is 0 Å². The van der Waals surface area contributed by atoms with Gasteiger partial charge in [0.2, 0.25) is 10.0 Å². The van der Waals surface area contributed by atoms with Crippen LogP contribution in [0.5, 0.6) is 0 Å². The van der Waals surface area contributed by atoms with Crippen molar-refractivity contribution in [3.05, 3.63) is 42.4 Å². The fourth-order valence-corrected chi connectivity index (χ4v) is 2.97. The van der Waals surface area contributed by atoms with Gasteiger partial charge in [-0.3, -0.25) is 4.68 Å². The van der Waals surface area contributed by atoms with Gasteiger partial charge in [0.25, 0.3) is 0 Å². The topological polar surface area (TPSA) is 95.8 Å². The van der Waals surface area contributed by atoms with Crippen LogP contribution >= 0.6 is 0 Å². The number of para-hydroxylation sites is 1. The van der Waals surface area contributed by atoms with Gasteiger partial charge in [0, 0.05) is 30.3 Å². The Morgan fingerprint density at radius 3 is 2.65 bits per heavy atom. The molecule has 7 nitrogen and oxygen atoms in total. The molecule has 8 heteroatoms. The van der Waals surface area contributed by atoms with E-state index in [0.717, 1.165) is 11.2 Å². The number of nitrogens with zero attached hydrogens (tertiary/aromatic N) is 4. The minimum Gasteiger partial charge on any atom is -0.340 e. The number of benzene rings is 1. The van der Waals surface area contributed by atoms with Gasteiger partial charge >= 0.3 is 0 Å². The van der Waals surface area contributed by atoms with Crippen LogP contribution in [0.4, 0.5) is 0 Å². The number of primary sulfonamides is 1. The summed E-state index contributed by atoms with van der Waals surface area (Å²) < 4.78 is 26.7. The largest absolute Gasteiger partial charge is 0.340 e. The van der Waals surface area contributed by atoms with E-state index in [9.17, 15) is 8.42 Å². The second-order valence-corrected chi connectivity index (χ2v) is 6.10. The van der Waals surface area contributed by atoms with Crippen LogP contribution in [0.25, 0.3) is 10.9 Å². The first-order valence-corrected chi connectivity index (χ1v) is 7.45. The van der Waals surface area contributed by atoms with E-state index in [1.807, 2.05) is 12.1 Å². The van der Waals surface area contributed by atoms with E-state index in [2.05, 4.69) is 10.3 Å². The van der Waals surface area contributed by atoms with Gasteiger partial charge in [0.05, 0.1) is 6.54 Å². The molecule has 0 spiro atoms. The summed E-state index contributed by atoms with van der Waals surface area (Å²) >= 11 is 0. The molecule has 0 saturated carbocycles. The lowest BCUT2D eigenvalue weighted by Gasteiger charge is -2.01. The fourth-order valence-electron chi connectivity index (χ4n) is 2.21. The van der Waals surface area contributed by atoms with Crippen LogP contribution in [0.15, 0.2) is 41.6 Å². The molecule has 0 radical (unpaired) electrons. The van der Waals surface area contributed by atoms with Crippen molar-refractivity contribution in [3.8, 4) is 0 Å². The molecule has 104 valence electrons. The van der Waals surface area contributed by atoms with Crippen molar-refractivity contribution >= 4 is 20.9 Å². The molecule has 3 aromatic rings. The van der Waals surface area contributed by atoms with Gasteiger partial charge < -0.3 is 4.57 Å². The van der Waals surface area contributed by atoms with Gasteiger partial charge in [-0.1, -0.05) is 23.4 Å². The van der Waals surface area contributed by atoms with Gasteiger partial charge in [-0.2, -0.15) is 0 Å². The van der Waals surface area contributed by atoms with Crippen molar-refractivity contribution in [2.45, 2.75) is 11.4 Å². The highest BCUT2D eigenvalue weighted by atomic mass is 32.2. The number of hydrogen-bond acceptors (Lipinski definition) is 4. The highest BCUT2D eigenvalue weighted by Gasteiger charge is 2.17. The van der Waals surface area contributed by atoms with Crippen molar-refractivity contribution in [2.75, 3.05) is 0 Å². The number of aromatic nitrogens is 4. The third kappa shape index (κ3) is 2.19. The standard InChI is InChI=1S/C12H13N5O2S/c1-16-6-9(14-15-16)7-17-8-12(20(13,18)19)10-4-2-3-5-11(10)17/h2-6,8H,7H2,1H3,(H2,13,18,19). The SMILES string of the molecule is Cn1cc(Cn2cc(S(N)(=O)=O)c3ccccc32)nn1. The maximum absolute atomic E-state index is 11.6. The van der Waals surface area contributed by atoms with Gasteiger partial charge in [-0.25, -0.2) is 13.6 Å². The summed E-state index contributed by atoms with van der Waals surface area (Å²) in [6, 6.07) is 7.22. The lowest BCUT2D eigenvalue weighted by atomic mass is 10.2. The van der Waals surface area contributed by atoms with Gasteiger partial charge in [-0.15, -0.1) is 5.10 Å². The summed E-state index contributed by atoms with van der Waals surface area (Å²) in [5.74, 6) is 0. The van der Waals surface area contributed by atoms with Crippen LogP contribution in [-0.2, 0) is 23.6 Å². The monoisotopic (exact) mass is 291 g/mol. The minimum atomic E-state index is -3.76. The van der Waals surface area contributed by atoms with Crippen molar-refractivity contribution < 1.29 is 8.42 Å². The Balaban J connectivity index is 2.16. The van der Waals surface area contributed by atoms with Crippen LogP contribution in [0.3, 0.4) is 0 Å². The Morgan fingerprint density at radius 1 is 1.25 bits per heavy atom.